The van der Waals surface area contributed by atoms with E-state index in [1.807, 2.05) is 13.8 Å². The first-order chi connectivity index (χ1) is 16.0. The van der Waals surface area contributed by atoms with Crippen LogP contribution in [-0.2, 0) is 25.6 Å². The molecule has 4 unspecified atom stereocenters. The van der Waals surface area contributed by atoms with E-state index in [1.54, 1.807) is 12.1 Å². The van der Waals surface area contributed by atoms with Crippen molar-refractivity contribution in [2.75, 3.05) is 13.2 Å². The van der Waals surface area contributed by atoms with Gasteiger partial charge in [0.05, 0.1) is 6.61 Å². The Hall–Kier alpha value is -3.18. The first-order valence-corrected chi connectivity index (χ1v) is 11.3. The second-order valence-electron chi connectivity index (χ2n) is 8.94. The van der Waals surface area contributed by atoms with Crippen LogP contribution in [0.3, 0.4) is 0 Å². The van der Waals surface area contributed by atoms with Gasteiger partial charge in [-0.25, -0.2) is 4.79 Å². The lowest BCUT2D eigenvalue weighted by Crippen LogP contribution is -2.58. The van der Waals surface area contributed by atoms with E-state index < -0.39 is 54.5 Å². The summed E-state index contributed by atoms with van der Waals surface area (Å²) < 4.78 is 0. The number of carboxylic acid groups (broad SMARTS) is 1. The van der Waals surface area contributed by atoms with Crippen LogP contribution in [0, 0.1) is 5.92 Å². The monoisotopic (exact) mass is 478 g/mol. The molecule has 3 amide bonds. The number of hydrogen-bond donors (Lipinski definition) is 6. The largest absolute Gasteiger partial charge is 0.508 e. The van der Waals surface area contributed by atoms with Gasteiger partial charge in [0.2, 0.25) is 17.7 Å². The highest BCUT2D eigenvalue weighted by Gasteiger charge is 2.38. The number of aromatic hydroxyl groups is 1. The highest BCUT2D eigenvalue weighted by Crippen LogP contribution is 2.20. The minimum atomic E-state index is -1.23. The third kappa shape index (κ3) is 7.42. The molecule has 1 fully saturated rings. The van der Waals surface area contributed by atoms with Gasteiger partial charge in [0.25, 0.3) is 0 Å². The van der Waals surface area contributed by atoms with Crippen molar-refractivity contribution in [1.29, 1.82) is 0 Å². The van der Waals surface area contributed by atoms with Crippen molar-refractivity contribution in [3.05, 3.63) is 29.8 Å². The molecule has 0 aromatic heterocycles. The number of carbonyl (C=O) groups excluding carboxylic acids is 3. The average Bonchev–Trinajstić information content (AvgIpc) is 3.28. The lowest BCUT2D eigenvalue weighted by Gasteiger charge is -2.29. The van der Waals surface area contributed by atoms with Crippen molar-refractivity contribution in [3.8, 4) is 5.75 Å². The minimum Gasteiger partial charge on any atom is -0.508 e. The van der Waals surface area contributed by atoms with E-state index in [9.17, 15) is 34.5 Å². The molecule has 0 radical (unpaired) electrons. The Balaban J connectivity index is 2.24. The molecule has 34 heavy (non-hydrogen) atoms. The molecule has 0 bridgehead atoms. The number of carboxylic acids is 1. The number of carbonyl (C=O) groups is 4. The second kappa shape index (κ2) is 12.3. The highest BCUT2D eigenvalue weighted by molar-refractivity contribution is 5.94. The van der Waals surface area contributed by atoms with E-state index in [0.29, 0.717) is 24.9 Å². The van der Waals surface area contributed by atoms with Crippen LogP contribution >= 0.6 is 0 Å². The molecule has 4 atom stereocenters. The zero-order valence-electron chi connectivity index (χ0n) is 19.4. The molecule has 1 aromatic rings. The van der Waals surface area contributed by atoms with Gasteiger partial charge in [-0.15, -0.1) is 0 Å². The summed E-state index contributed by atoms with van der Waals surface area (Å²) in [5.74, 6) is -2.88. The summed E-state index contributed by atoms with van der Waals surface area (Å²) in [6.45, 7) is 3.43. The van der Waals surface area contributed by atoms with Gasteiger partial charge in [0.1, 0.15) is 29.9 Å². The first kappa shape index (κ1) is 27.1. The Bertz CT molecular complexity index is 875. The number of rotatable bonds is 11. The van der Waals surface area contributed by atoms with Gasteiger partial charge in [-0.3, -0.25) is 14.4 Å². The molecular weight excluding hydrogens is 444 g/mol. The fraction of sp³-hybridized carbons (Fsp3) is 0.565. The molecule has 11 nitrogen and oxygen atoms in total. The van der Waals surface area contributed by atoms with Gasteiger partial charge >= 0.3 is 5.97 Å². The topological polar surface area (TPSA) is 182 Å². The van der Waals surface area contributed by atoms with E-state index >= 15 is 0 Å². The van der Waals surface area contributed by atoms with Crippen molar-refractivity contribution in [3.63, 3.8) is 0 Å². The number of aliphatic carboxylic acids is 1. The predicted molar refractivity (Wildman–Crippen MR) is 123 cm³/mol. The van der Waals surface area contributed by atoms with Crippen LogP contribution in [0.2, 0.25) is 0 Å². The molecule has 0 saturated carbocycles. The highest BCUT2D eigenvalue weighted by atomic mass is 16.4. The Morgan fingerprint density at radius 3 is 2.26 bits per heavy atom. The summed E-state index contributed by atoms with van der Waals surface area (Å²) in [5.41, 5.74) is 6.21. The number of phenols is 1. The van der Waals surface area contributed by atoms with E-state index in [0.717, 1.165) is 0 Å². The standard InChI is InChI=1S/C23H34N4O7/c1-13(2)10-18(22(32)27-9-3-4-19(27)23(33)34)26-21(31)17(25-20(30)16(24)12-28)11-14-5-7-15(29)8-6-14/h5-8,13,16-19,28-29H,3-4,9-12,24H2,1-2H3,(H,25,30)(H,26,31)(H,33,34). The molecule has 0 spiro atoms. The molecule has 1 aromatic carbocycles. The zero-order chi connectivity index (χ0) is 25.4. The van der Waals surface area contributed by atoms with Gasteiger partial charge in [-0.2, -0.15) is 0 Å². The van der Waals surface area contributed by atoms with Crippen LogP contribution in [-0.4, -0.2) is 81.2 Å². The van der Waals surface area contributed by atoms with Gasteiger partial charge in [0.15, 0.2) is 0 Å². The number of nitrogens with two attached hydrogens (primary N) is 1. The summed E-state index contributed by atoms with van der Waals surface area (Å²) in [5, 5.41) is 33.3. The third-order valence-electron chi connectivity index (χ3n) is 5.69. The van der Waals surface area contributed by atoms with E-state index in [2.05, 4.69) is 10.6 Å². The number of nitrogens with one attached hydrogen (secondary N) is 2. The number of amides is 3. The Labute approximate surface area is 198 Å². The van der Waals surface area contributed by atoms with Crippen molar-refractivity contribution in [2.45, 2.75) is 63.7 Å². The summed E-state index contributed by atoms with van der Waals surface area (Å²) in [6, 6.07) is 1.80. The summed E-state index contributed by atoms with van der Waals surface area (Å²) in [7, 11) is 0. The second-order valence-corrected chi connectivity index (χ2v) is 8.94. The van der Waals surface area contributed by atoms with Crippen LogP contribution in [0.25, 0.3) is 0 Å². The van der Waals surface area contributed by atoms with Crippen molar-refractivity contribution >= 4 is 23.7 Å². The van der Waals surface area contributed by atoms with Gasteiger partial charge in [-0.05, 0) is 42.9 Å². The normalized spacial score (nSPS) is 18.3. The number of aliphatic hydroxyl groups is 1. The van der Waals surface area contributed by atoms with Crippen LogP contribution in [0.5, 0.6) is 5.75 Å². The number of phenolic OH excluding ortho intramolecular Hbond substituents is 1. The minimum absolute atomic E-state index is 0.0214. The fourth-order valence-electron chi connectivity index (χ4n) is 3.89. The van der Waals surface area contributed by atoms with Crippen LogP contribution in [0.4, 0.5) is 0 Å². The summed E-state index contributed by atoms with van der Waals surface area (Å²) >= 11 is 0. The fourth-order valence-corrected chi connectivity index (χ4v) is 3.89. The molecule has 2 rings (SSSR count). The van der Waals surface area contributed by atoms with E-state index in [1.165, 1.54) is 17.0 Å². The summed E-state index contributed by atoms with van der Waals surface area (Å²) in [4.78, 5) is 51.6. The molecule has 11 heteroatoms. The Morgan fingerprint density at radius 1 is 1.09 bits per heavy atom. The van der Waals surface area contributed by atoms with Crippen molar-refractivity contribution < 1.29 is 34.5 Å². The van der Waals surface area contributed by atoms with Gasteiger partial charge in [0, 0.05) is 13.0 Å². The lowest BCUT2D eigenvalue weighted by molar-refractivity contribution is -0.149. The maximum absolute atomic E-state index is 13.2. The maximum atomic E-state index is 13.2. The molecular formula is C23H34N4O7. The molecule has 1 aliphatic heterocycles. The quantitative estimate of drug-likeness (QED) is 0.242. The van der Waals surface area contributed by atoms with Gasteiger partial charge < -0.3 is 36.6 Å². The maximum Gasteiger partial charge on any atom is 0.326 e. The number of benzene rings is 1. The Morgan fingerprint density at radius 2 is 1.71 bits per heavy atom. The third-order valence-corrected chi connectivity index (χ3v) is 5.69. The number of aliphatic hydroxyl groups excluding tert-OH is 1. The van der Waals surface area contributed by atoms with Crippen LogP contribution < -0.4 is 16.4 Å². The SMILES string of the molecule is CC(C)CC(NC(=O)C(Cc1ccc(O)cc1)NC(=O)C(N)CO)C(=O)N1CCCC1C(=O)O. The summed E-state index contributed by atoms with van der Waals surface area (Å²) in [6.07, 6.45) is 1.23. The number of nitrogens with zero attached hydrogens (tertiary/aromatic N) is 1. The lowest BCUT2D eigenvalue weighted by atomic mass is 10.00. The van der Waals surface area contributed by atoms with Crippen LogP contribution in [0.1, 0.15) is 38.7 Å². The molecule has 7 N–H and O–H groups in total. The number of likely N-dealkylation sites (tertiary alicyclic amines) is 1. The van der Waals surface area contributed by atoms with E-state index in [4.69, 9.17) is 5.73 Å². The van der Waals surface area contributed by atoms with Crippen molar-refractivity contribution in [1.82, 2.24) is 15.5 Å². The molecule has 1 heterocycles. The average molecular weight is 479 g/mol. The molecule has 0 aliphatic carbocycles. The van der Waals surface area contributed by atoms with E-state index in [-0.39, 0.29) is 24.5 Å². The molecule has 1 saturated heterocycles. The van der Waals surface area contributed by atoms with Crippen LogP contribution in [0.15, 0.2) is 24.3 Å². The smallest absolute Gasteiger partial charge is 0.326 e. The molecule has 188 valence electrons. The van der Waals surface area contributed by atoms with Crippen molar-refractivity contribution in [2.24, 2.45) is 11.7 Å². The van der Waals surface area contributed by atoms with Gasteiger partial charge in [-0.1, -0.05) is 26.0 Å². The predicted octanol–water partition coefficient (Wildman–Crippen LogP) is -0.654. The Kier molecular flexibility index (Phi) is 9.82. The first-order valence-electron chi connectivity index (χ1n) is 11.3. The zero-order valence-corrected chi connectivity index (χ0v) is 19.4. The number of hydrogen-bond acceptors (Lipinski definition) is 7. The molecule has 1 aliphatic rings.